The summed E-state index contributed by atoms with van der Waals surface area (Å²) in [5.74, 6) is 0. The normalized spacial score (nSPS) is 33.4. The molecule has 1 saturated heterocycles. The molecule has 1 unspecified atom stereocenters. The molecule has 2 rings (SSSR count). The Bertz CT molecular complexity index is 251. The van der Waals surface area contributed by atoms with E-state index in [2.05, 4.69) is 24.1 Å². The molecule has 1 aliphatic carbocycles. The highest BCUT2D eigenvalue weighted by Gasteiger charge is 2.44. The first-order valence-corrected chi connectivity index (χ1v) is 7.20. The van der Waals surface area contributed by atoms with Crippen molar-refractivity contribution < 1.29 is 4.39 Å². The number of piperazine rings is 1. The first-order valence-electron chi connectivity index (χ1n) is 7.20. The summed E-state index contributed by atoms with van der Waals surface area (Å²) in [7, 11) is 0. The van der Waals surface area contributed by atoms with Crippen LogP contribution in [-0.4, -0.2) is 42.3 Å². The summed E-state index contributed by atoms with van der Waals surface area (Å²) in [5, 5.41) is 3.81. The van der Waals surface area contributed by atoms with Crippen LogP contribution >= 0.6 is 0 Å². The maximum atomic E-state index is 12.4. The van der Waals surface area contributed by atoms with Crippen molar-refractivity contribution in [3.05, 3.63) is 0 Å². The molecule has 0 aromatic rings. The van der Waals surface area contributed by atoms with Crippen LogP contribution in [0.1, 0.15) is 52.4 Å². The minimum atomic E-state index is -0.184. The topological polar surface area (TPSA) is 15.3 Å². The van der Waals surface area contributed by atoms with Crippen LogP contribution in [0.5, 0.6) is 0 Å². The van der Waals surface area contributed by atoms with Gasteiger partial charge in [-0.2, -0.15) is 0 Å². The molecule has 3 heteroatoms. The van der Waals surface area contributed by atoms with Crippen molar-refractivity contribution in [3.8, 4) is 0 Å². The lowest BCUT2D eigenvalue weighted by molar-refractivity contribution is 0.0125. The molecule has 1 N–H and O–H groups in total. The number of rotatable bonds is 4. The fourth-order valence-corrected chi connectivity index (χ4v) is 3.44. The summed E-state index contributed by atoms with van der Waals surface area (Å²) in [6.45, 7) is 7.49. The standard InChI is InChI=1S/C14H27FN2/c1-3-13(2)11-16-14(7-4-5-8-14)12-17(13)10-6-9-15/h16H,3-12H2,1-2H3. The van der Waals surface area contributed by atoms with Crippen LogP contribution < -0.4 is 5.32 Å². The van der Waals surface area contributed by atoms with Crippen molar-refractivity contribution >= 4 is 0 Å². The number of hydrogen-bond donors (Lipinski definition) is 1. The second-order valence-corrected chi connectivity index (χ2v) is 6.16. The van der Waals surface area contributed by atoms with E-state index in [1.165, 1.54) is 25.7 Å². The Morgan fingerprint density at radius 3 is 2.59 bits per heavy atom. The van der Waals surface area contributed by atoms with E-state index in [0.29, 0.717) is 12.0 Å². The van der Waals surface area contributed by atoms with Gasteiger partial charge in [-0.25, -0.2) is 0 Å². The smallest absolute Gasteiger partial charge is 0.0906 e. The van der Waals surface area contributed by atoms with E-state index >= 15 is 0 Å². The van der Waals surface area contributed by atoms with Crippen molar-refractivity contribution in [1.29, 1.82) is 0 Å². The molecule has 0 aromatic carbocycles. The lowest BCUT2D eigenvalue weighted by Crippen LogP contribution is -2.68. The molecule has 1 spiro atoms. The van der Waals surface area contributed by atoms with E-state index < -0.39 is 0 Å². The first kappa shape index (κ1) is 13.3. The Labute approximate surface area is 105 Å². The van der Waals surface area contributed by atoms with Gasteiger partial charge in [-0.1, -0.05) is 19.8 Å². The molecular weight excluding hydrogens is 215 g/mol. The molecule has 1 heterocycles. The Kier molecular flexibility index (Phi) is 4.09. The van der Waals surface area contributed by atoms with Crippen molar-refractivity contribution in [2.75, 3.05) is 26.3 Å². The number of hydrogen-bond acceptors (Lipinski definition) is 2. The van der Waals surface area contributed by atoms with Crippen molar-refractivity contribution in [3.63, 3.8) is 0 Å². The summed E-state index contributed by atoms with van der Waals surface area (Å²) in [5.41, 5.74) is 0.577. The van der Waals surface area contributed by atoms with Crippen molar-refractivity contribution in [2.24, 2.45) is 0 Å². The summed E-state index contributed by atoms with van der Waals surface area (Å²) < 4.78 is 12.4. The van der Waals surface area contributed by atoms with Crippen LogP contribution in [0.2, 0.25) is 0 Å². The molecule has 0 bridgehead atoms. The Morgan fingerprint density at radius 2 is 2.00 bits per heavy atom. The van der Waals surface area contributed by atoms with Gasteiger partial charge < -0.3 is 5.32 Å². The van der Waals surface area contributed by atoms with Gasteiger partial charge in [0.05, 0.1) is 6.67 Å². The molecular formula is C14H27FN2. The highest BCUT2D eigenvalue weighted by atomic mass is 19.1. The second-order valence-electron chi connectivity index (χ2n) is 6.16. The quantitative estimate of drug-likeness (QED) is 0.815. The predicted octanol–water partition coefficient (Wildman–Crippen LogP) is 2.73. The monoisotopic (exact) mass is 242 g/mol. The van der Waals surface area contributed by atoms with Gasteiger partial charge in [-0.15, -0.1) is 0 Å². The van der Waals surface area contributed by atoms with Crippen LogP contribution in [0.25, 0.3) is 0 Å². The maximum Gasteiger partial charge on any atom is 0.0906 e. The zero-order valence-electron chi connectivity index (χ0n) is 11.4. The second kappa shape index (κ2) is 5.23. The predicted molar refractivity (Wildman–Crippen MR) is 70.1 cm³/mol. The van der Waals surface area contributed by atoms with Crippen LogP contribution in [0.4, 0.5) is 4.39 Å². The van der Waals surface area contributed by atoms with E-state index in [9.17, 15) is 4.39 Å². The molecule has 2 nitrogen and oxygen atoms in total. The van der Waals surface area contributed by atoms with E-state index in [1.54, 1.807) is 0 Å². The fraction of sp³-hybridized carbons (Fsp3) is 1.00. The third kappa shape index (κ3) is 2.65. The average molecular weight is 242 g/mol. The van der Waals surface area contributed by atoms with Crippen LogP contribution in [-0.2, 0) is 0 Å². The minimum Gasteiger partial charge on any atom is -0.308 e. The number of nitrogens with one attached hydrogen (secondary N) is 1. The van der Waals surface area contributed by atoms with E-state index in [0.717, 1.165) is 26.1 Å². The Balaban J connectivity index is 2.04. The summed E-state index contributed by atoms with van der Waals surface area (Å²) in [6, 6.07) is 0. The van der Waals surface area contributed by atoms with Gasteiger partial charge in [0.1, 0.15) is 0 Å². The summed E-state index contributed by atoms with van der Waals surface area (Å²) >= 11 is 0. The molecule has 1 saturated carbocycles. The van der Waals surface area contributed by atoms with Gasteiger partial charge in [0, 0.05) is 30.7 Å². The average Bonchev–Trinajstić information content (AvgIpc) is 2.80. The number of alkyl halides is 1. The Morgan fingerprint density at radius 1 is 1.29 bits per heavy atom. The molecule has 2 fully saturated rings. The third-order valence-electron chi connectivity index (χ3n) is 4.99. The zero-order chi connectivity index (χ0) is 12.4. The van der Waals surface area contributed by atoms with Crippen molar-refractivity contribution in [2.45, 2.75) is 63.5 Å². The van der Waals surface area contributed by atoms with Crippen LogP contribution in [0.3, 0.4) is 0 Å². The number of nitrogens with zero attached hydrogens (tertiary/aromatic N) is 1. The third-order valence-corrected chi connectivity index (χ3v) is 4.99. The lowest BCUT2D eigenvalue weighted by atomic mass is 9.85. The molecule has 0 radical (unpaired) electrons. The highest BCUT2D eigenvalue weighted by Crippen LogP contribution is 2.36. The SMILES string of the molecule is CCC1(C)CNC2(CCCC2)CN1CCCF. The Hall–Kier alpha value is -0.150. The summed E-state index contributed by atoms with van der Waals surface area (Å²) in [4.78, 5) is 2.55. The van der Waals surface area contributed by atoms with Gasteiger partial charge in [0.15, 0.2) is 0 Å². The molecule has 2 aliphatic rings. The largest absolute Gasteiger partial charge is 0.308 e. The summed E-state index contributed by atoms with van der Waals surface area (Å²) in [6.07, 6.45) is 7.14. The maximum absolute atomic E-state index is 12.4. The van der Waals surface area contributed by atoms with Gasteiger partial charge >= 0.3 is 0 Å². The highest BCUT2D eigenvalue weighted by molar-refractivity contribution is 5.05. The van der Waals surface area contributed by atoms with Crippen LogP contribution in [0.15, 0.2) is 0 Å². The molecule has 0 amide bonds. The van der Waals surface area contributed by atoms with Crippen molar-refractivity contribution in [1.82, 2.24) is 10.2 Å². The first-order chi connectivity index (χ1) is 8.14. The molecule has 100 valence electrons. The van der Waals surface area contributed by atoms with Gasteiger partial charge in [0.25, 0.3) is 0 Å². The number of halogens is 1. The fourth-order valence-electron chi connectivity index (χ4n) is 3.44. The van der Waals surface area contributed by atoms with E-state index in [4.69, 9.17) is 0 Å². The molecule has 17 heavy (non-hydrogen) atoms. The zero-order valence-corrected chi connectivity index (χ0v) is 11.4. The molecule has 1 aliphatic heterocycles. The molecule has 0 aromatic heterocycles. The minimum absolute atomic E-state index is 0.184. The van der Waals surface area contributed by atoms with E-state index in [-0.39, 0.29) is 12.2 Å². The van der Waals surface area contributed by atoms with Gasteiger partial charge in [-0.3, -0.25) is 9.29 Å². The van der Waals surface area contributed by atoms with Crippen LogP contribution in [0, 0.1) is 0 Å². The molecule has 1 atom stereocenters. The lowest BCUT2D eigenvalue weighted by Gasteiger charge is -2.52. The van der Waals surface area contributed by atoms with E-state index in [1.807, 2.05) is 0 Å². The van der Waals surface area contributed by atoms with Gasteiger partial charge in [0.2, 0.25) is 0 Å². The van der Waals surface area contributed by atoms with Gasteiger partial charge in [-0.05, 0) is 32.6 Å².